The predicted octanol–water partition coefficient (Wildman–Crippen LogP) is 0.660. The molecule has 0 bridgehead atoms. The fraction of sp³-hybridized carbons (Fsp3) is 0.421. The molecule has 2 fully saturated rings. The zero-order valence-corrected chi connectivity index (χ0v) is 15.9. The van der Waals surface area contributed by atoms with Gasteiger partial charge < -0.3 is 16.1 Å². The van der Waals surface area contributed by atoms with E-state index in [0.717, 1.165) is 25.2 Å². The molecule has 2 aliphatic carbocycles. The van der Waals surface area contributed by atoms with Crippen LogP contribution in [0.1, 0.15) is 32.1 Å². The molecule has 10 heteroatoms. The number of hydrogen-bond donors (Lipinski definition) is 4. The Morgan fingerprint density at radius 1 is 1.14 bits per heavy atom. The fourth-order valence-corrected chi connectivity index (χ4v) is 3.67. The van der Waals surface area contributed by atoms with Crippen molar-refractivity contribution in [2.24, 2.45) is 10.9 Å². The maximum absolute atomic E-state index is 11.8. The lowest BCUT2D eigenvalue weighted by molar-refractivity contribution is 0.633. The summed E-state index contributed by atoms with van der Waals surface area (Å²) in [6.45, 7) is 0. The Morgan fingerprint density at radius 3 is 2.79 bits per heavy atom. The van der Waals surface area contributed by atoms with Gasteiger partial charge in [-0.15, -0.1) is 0 Å². The molecule has 4 N–H and O–H groups in total. The van der Waals surface area contributed by atoms with Crippen LogP contribution in [0.15, 0.2) is 52.4 Å². The summed E-state index contributed by atoms with van der Waals surface area (Å²) in [5.74, 6) is 2.52. The monoisotopic (exact) mass is 393 g/mol. The van der Waals surface area contributed by atoms with Crippen molar-refractivity contribution in [1.82, 2.24) is 35.9 Å². The van der Waals surface area contributed by atoms with Crippen molar-refractivity contribution in [3.8, 4) is 5.82 Å². The molecular formula is C19H23N9O. The molecule has 2 aromatic rings. The van der Waals surface area contributed by atoms with Gasteiger partial charge in [0.15, 0.2) is 5.82 Å². The molecule has 2 aromatic heterocycles. The first-order chi connectivity index (χ1) is 14.2. The van der Waals surface area contributed by atoms with Gasteiger partial charge >= 0.3 is 0 Å². The first kappa shape index (κ1) is 17.7. The number of hydrogen-bond acceptors (Lipinski definition) is 7. The van der Waals surface area contributed by atoms with E-state index in [1.165, 1.54) is 29.3 Å². The van der Waals surface area contributed by atoms with Gasteiger partial charge in [0, 0.05) is 30.4 Å². The molecule has 1 aliphatic heterocycles. The predicted molar refractivity (Wildman–Crippen MR) is 108 cm³/mol. The van der Waals surface area contributed by atoms with Crippen LogP contribution in [0.25, 0.3) is 5.82 Å². The number of aliphatic imine (C=N–C) groups is 1. The second kappa shape index (κ2) is 7.53. The van der Waals surface area contributed by atoms with Crippen LogP contribution in [0.2, 0.25) is 0 Å². The van der Waals surface area contributed by atoms with Gasteiger partial charge in [-0.1, -0.05) is 0 Å². The number of rotatable bonds is 5. The molecule has 0 radical (unpaired) electrons. The highest BCUT2D eigenvalue weighted by molar-refractivity contribution is 5.81. The minimum atomic E-state index is -0.237. The van der Waals surface area contributed by atoms with Crippen LogP contribution in [0.3, 0.4) is 0 Å². The van der Waals surface area contributed by atoms with E-state index >= 15 is 0 Å². The first-order valence-electron chi connectivity index (χ1n) is 9.94. The normalized spacial score (nSPS) is 25.0. The van der Waals surface area contributed by atoms with Crippen LogP contribution in [0.4, 0.5) is 5.82 Å². The van der Waals surface area contributed by atoms with E-state index < -0.39 is 0 Å². The topological polar surface area (TPSA) is 121 Å². The maximum atomic E-state index is 11.8. The number of anilines is 1. The van der Waals surface area contributed by atoms with Crippen LogP contribution in [0, 0.1) is 5.92 Å². The summed E-state index contributed by atoms with van der Waals surface area (Å²) in [6, 6.07) is 3.57. The van der Waals surface area contributed by atoms with Gasteiger partial charge in [-0.25, -0.2) is 15.0 Å². The number of hydrazine groups is 1. The molecule has 29 heavy (non-hydrogen) atoms. The van der Waals surface area contributed by atoms with E-state index in [0.29, 0.717) is 17.6 Å². The van der Waals surface area contributed by atoms with Crippen molar-refractivity contribution in [2.45, 2.75) is 44.2 Å². The van der Waals surface area contributed by atoms with E-state index in [1.807, 2.05) is 6.20 Å². The zero-order chi connectivity index (χ0) is 19.6. The lowest BCUT2D eigenvalue weighted by Gasteiger charge is -2.21. The third-order valence-electron chi connectivity index (χ3n) is 5.35. The molecule has 0 spiro atoms. The van der Waals surface area contributed by atoms with Gasteiger partial charge in [0.2, 0.25) is 5.96 Å². The van der Waals surface area contributed by atoms with Crippen molar-refractivity contribution < 1.29 is 0 Å². The lowest BCUT2D eigenvalue weighted by Crippen LogP contribution is -2.48. The number of nitrogens with one attached hydrogen (secondary N) is 4. The van der Waals surface area contributed by atoms with Gasteiger partial charge in [-0.3, -0.25) is 10.2 Å². The van der Waals surface area contributed by atoms with Gasteiger partial charge in [-0.2, -0.15) is 9.78 Å². The van der Waals surface area contributed by atoms with E-state index in [1.54, 1.807) is 24.7 Å². The average Bonchev–Trinajstić information content (AvgIpc) is 3.51. The standard InChI is InChI=1S/C19H23N9O/c29-18-2-1-7-23-28(18)17-11-20-16(10-21-17)24-13-5-6-14(8-13)25-19-22-9-15(26-27-19)12-3-4-12/h1-2,7,9-14,26H,3-6,8H2,(H,20,24)(H2,22,25,27)/t13-,14-/m0/s1. The van der Waals surface area contributed by atoms with Crippen molar-refractivity contribution >= 4 is 11.8 Å². The molecule has 10 nitrogen and oxygen atoms in total. The Bertz CT molecular complexity index is 993. The molecule has 0 saturated heterocycles. The van der Waals surface area contributed by atoms with Gasteiger partial charge in [0.25, 0.3) is 5.56 Å². The lowest BCUT2D eigenvalue weighted by atomic mass is 10.2. The summed E-state index contributed by atoms with van der Waals surface area (Å²) in [5.41, 5.74) is 7.36. The molecular weight excluding hydrogens is 370 g/mol. The van der Waals surface area contributed by atoms with Crippen LogP contribution >= 0.6 is 0 Å². The molecule has 2 atom stereocenters. The van der Waals surface area contributed by atoms with E-state index in [-0.39, 0.29) is 17.6 Å². The Hall–Kier alpha value is -3.43. The maximum Gasteiger partial charge on any atom is 0.272 e. The molecule has 0 unspecified atom stereocenters. The summed E-state index contributed by atoms with van der Waals surface area (Å²) >= 11 is 0. The molecule has 2 saturated carbocycles. The Morgan fingerprint density at radius 2 is 2.07 bits per heavy atom. The van der Waals surface area contributed by atoms with E-state index in [2.05, 4.69) is 36.6 Å². The molecule has 0 amide bonds. The van der Waals surface area contributed by atoms with Crippen molar-refractivity contribution in [1.29, 1.82) is 0 Å². The quantitative estimate of drug-likeness (QED) is 0.585. The highest BCUT2D eigenvalue weighted by Gasteiger charge is 2.29. The van der Waals surface area contributed by atoms with E-state index in [9.17, 15) is 4.79 Å². The SMILES string of the molecule is O=c1cccnn1-c1cnc(N[C@H]2CC[C@H](N=C3NC=C(C4CC4)NN3)C2)cn1. The summed E-state index contributed by atoms with van der Waals surface area (Å²) in [7, 11) is 0. The molecule has 0 aromatic carbocycles. The van der Waals surface area contributed by atoms with Crippen LogP contribution in [-0.4, -0.2) is 37.8 Å². The minimum Gasteiger partial charge on any atom is -0.366 e. The van der Waals surface area contributed by atoms with Crippen molar-refractivity contribution in [3.05, 3.63) is 53.0 Å². The zero-order valence-electron chi connectivity index (χ0n) is 15.9. The number of nitrogens with zero attached hydrogens (tertiary/aromatic N) is 5. The van der Waals surface area contributed by atoms with Gasteiger partial charge in [-0.05, 0) is 38.2 Å². The second-order valence-corrected chi connectivity index (χ2v) is 7.59. The second-order valence-electron chi connectivity index (χ2n) is 7.59. The summed E-state index contributed by atoms with van der Waals surface area (Å²) in [6.07, 6.45) is 12.2. The smallest absolute Gasteiger partial charge is 0.272 e. The molecule has 3 aliphatic rings. The minimum absolute atomic E-state index is 0.237. The highest BCUT2D eigenvalue weighted by atomic mass is 16.1. The van der Waals surface area contributed by atoms with Gasteiger partial charge in [0.1, 0.15) is 5.82 Å². The number of guanidine groups is 1. The summed E-state index contributed by atoms with van der Waals surface area (Å²) in [5, 5.41) is 10.7. The average molecular weight is 393 g/mol. The van der Waals surface area contributed by atoms with Crippen molar-refractivity contribution in [3.63, 3.8) is 0 Å². The Balaban J connectivity index is 1.17. The first-order valence-corrected chi connectivity index (χ1v) is 9.94. The Labute approximate surface area is 167 Å². The molecule has 3 heterocycles. The van der Waals surface area contributed by atoms with Crippen LogP contribution in [-0.2, 0) is 0 Å². The largest absolute Gasteiger partial charge is 0.366 e. The Kier molecular flexibility index (Phi) is 4.59. The van der Waals surface area contributed by atoms with Crippen LogP contribution < -0.4 is 27.0 Å². The third-order valence-corrected chi connectivity index (χ3v) is 5.35. The van der Waals surface area contributed by atoms with Gasteiger partial charge in [0.05, 0.1) is 24.1 Å². The summed E-state index contributed by atoms with van der Waals surface area (Å²) in [4.78, 5) is 25.3. The summed E-state index contributed by atoms with van der Waals surface area (Å²) < 4.78 is 1.22. The molecule has 150 valence electrons. The number of allylic oxidation sites excluding steroid dienone is 1. The molecule has 5 rings (SSSR count). The van der Waals surface area contributed by atoms with Crippen LogP contribution in [0.5, 0.6) is 0 Å². The fourth-order valence-electron chi connectivity index (χ4n) is 3.67. The van der Waals surface area contributed by atoms with Crippen molar-refractivity contribution in [2.75, 3.05) is 5.32 Å². The highest BCUT2D eigenvalue weighted by Crippen LogP contribution is 2.34. The third kappa shape index (κ3) is 4.05. The van der Waals surface area contributed by atoms with E-state index in [4.69, 9.17) is 4.99 Å². The number of aromatic nitrogens is 4.